The Morgan fingerprint density at radius 1 is 1.09 bits per heavy atom. The van der Waals surface area contributed by atoms with E-state index in [-0.39, 0.29) is 5.92 Å². The maximum Gasteiger partial charge on any atom is 0.0903 e. The molecular weight excluding hydrogens is 270 g/mol. The lowest BCUT2D eigenvalue weighted by molar-refractivity contribution is 0.825. The van der Waals surface area contributed by atoms with Crippen LogP contribution in [0.2, 0.25) is 0 Å². The molecule has 1 aromatic heterocycles. The third kappa shape index (κ3) is 2.82. The summed E-state index contributed by atoms with van der Waals surface area (Å²) in [5, 5.41) is 10.7. The number of hydrogen-bond donors (Lipinski definition) is 1. The van der Waals surface area contributed by atoms with Gasteiger partial charge >= 0.3 is 0 Å². The Morgan fingerprint density at radius 3 is 2.45 bits per heavy atom. The smallest absolute Gasteiger partial charge is 0.0903 e. The molecule has 1 heterocycles. The molecule has 110 valence electrons. The number of aromatic amines is 1. The number of hydrogen-bond acceptors (Lipinski definition) is 2. The Bertz CT molecular complexity index is 774. The molecule has 1 unspecified atom stereocenters. The van der Waals surface area contributed by atoms with Gasteiger partial charge in [0.2, 0.25) is 0 Å². The van der Waals surface area contributed by atoms with Gasteiger partial charge in [0, 0.05) is 31.0 Å². The number of benzene rings is 2. The van der Waals surface area contributed by atoms with Gasteiger partial charge in [-0.2, -0.15) is 5.26 Å². The van der Waals surface area contributed by atoms with E-state index >= 15 is 0 Å². The number of H-pyrrole nitrogens is 1. The van der Waals surface area contributed by atoms with Gasteiger partial charge in [0.25, 0.3) is 0 Å². The van der Waals surface area contributed by atoms with Gasteiger partial charge in [-0.3, -0.25) is 0 Å². The van der Waals surface area contributed by atoms with Crippen molar-refractivity contribution in [2.75, 3.05) is 19.0 Å². The van der Waals surface area contributed by atoms with Crippen LogP contribution in [-0.4, -0.2) is 19.1 Å². The molecule has 2 aromatic carbocycles. The second-order valence-electron chi connectivity index (χ2n) is 5.76. The molecule has 0 fully saturated rings. The third-order valence-corrected chi connectivity index (χ3v) is 3.97. The predicted octanol–water partition coefficient (Wildman–Crippen LogP) is 4.08. The summed E-state index contributed by atoms with van der Waals surface area (Å²) >= 11 is 0. The van der Waals surface area contributed by atoms with E-state index in [0.717, 1.165) is 23.0 Å². The Kier molecular flexibility index (Phi) is 3.84. The summed E-state index contributed by atoms with van der Waals surface area (Å²) in [5.41, 5.74) is 4.42. The minimum atomic E-state index is -0.155. The standard InChI is InChI=1S/C19H19N3/c1-22(2)17-9-7-14(8-10-17)11-16(13-20)19-12-15-5-3-4-6-18(15)21-19/h3-10,12,16,21H,11H2,1-2H3. The largest absolute Gasteiger partial charge is 0.378 e. The summed E-state index contributed by atoms with van der Waals surface area (Å²) in [6.45, 7) is 0. The van der Waals surface area contributed by atoms with Crippen molar-refractivity contribution in [3.63, 3.8) is 0 Å². The number of nitrogens with one attached hydrogen (secondary N) is 1. The molecule has 22 heavy (non-hydrogen) atoms. The molecular formula is C19H19N3. The summed E-state index contributed by atoms with van der Waals surface area (Å²) in [6, 6.07) is 21.0. The van der Waals surface area contributed by atoms with Gasteiger partial charge in [-0.15, -0.1) is 0 Å². The third-order valence-electron chi connectivity index (χ3n) is 3.97. The first-order valence-corrected chi connectivity index (χ1v) is 7.41. The number of para-hydroxylation sites is 1. The lowest BCUT2D eigenvalue weighted by atomic mass is 9.97. The molecule has 0 radical (unpaired) electrons. The molecule has 0 aliphatic heterocycles. The normalized spacial score (nSPS) is 12.0. The second kappa shape index (κ2) is 5.95. The molecule has 0 saturated carbocycles. The Hall–Kier alpha value is -2.73. The first-order valence-electron chi connectivity index (χ1n) is 7.41. The average Bonchev–Trinajstić information content (AvgIpc) is 2.96. The highest BCUT2D eigenvalue weighted by Gasteiger charge is 2.14. The van der Waals surface area contributed by atoms with Gasteiger partial charge in [-0.1, -0.05) is 30.3 Å². The van der Waals surface area contributed by atoms with Crippen LogP contribution < -0.4 is 4.90 Å². The summed E-state index contributed by atoms with van der Waals surface area (Å²) in [6.07, 6.45) is 0.719. The Labute approximate surface area is 130 Å². The SMILES string of the molecule is CN(C)c1ccc(CC(C#N)c2cc3ccccc3[nH]2)cc1. The van der Waals surface area contributed by atoms with Crippen molar-refractivity contribution in [3.05, 3.63) is 65.9 Å². The van der Waals surface area contributed by atoms with Crippen LogP contribution in [0.4, 0.5) is 5.69 Å². The molecule has 3 rings (SSSR count). The summed E-state index contributed by atoms with van der Waals surface area (Å²) in [5.74, 6) is -0.155. The van der Waals surface area contributed by atoms with Gasteiger partial charge < -0.3 is 9.88 Å². The molecule has 0 amide bonds. The van der Waals surface area contributed by atoms with E-state index in [1.165, 1.54) is 11.3 Å². The first kappa shape index (κ1) is 14.2. The molecule has 3 nitrogen and oxygen atoms in total. The van der Waals surface area contributed by atoms with Crippen molar-refractivity contribution >= 4 is 16.6 Å². The molecule has 1 N–H and O–H groups in total. The summed E-state index contributed by atoms with van der Waals surface area (Å²) in [4.78, 5) is 5.44. The first-order chi connectivity index (χ1) is 10.7. The Morgan fingerprint density at radius 2 is 1.82 bits per heavy atom. The molecule has 3 heteroatoms. The van der Waals surface area contributed by atoms with Crippen LogP contribution in [0.3, 0.4) is 0 Å². The van der Waals surface area contributed by atoms with Crippen LogP contribution in [-0.2, 0) is 6.42 Å². The van der Waals surface area contributed by atoms with E-state index in [9.17, 15) is 5.26 Å². The quantitative estimate of drug-likeness (QED) is 0.786. The van der Waals surface area contributed by atoms with Crippen LogP contribution in [0, 0.1) is 11.3 Å². The molecule has 0 spiro atoms. The maximum absolute atomic E-state index is 9.53. The number of nitriles is 1. The fraction of sp³-hybridized carbons (Fsp3) is 0.211. The van der Waals surface area contributed by atoms with Crippen LogP contribution in [0.5, 0.6) is 0 Å². The van der Waals surface area contributed by atoms with Crippen LogP contribution in [0.15, 0.2) is 54.6 Å². The molecule has 0 bridgehead atoms. The highest BCUT2D eigenvalue weighted by Crippen LogP contribution is 2.25. The van der Waals surface area contributed by atoms with Crippen molar-refractivity contribution in [2.24, 2.45) is 0 Å². The maximum atomic E-state index is 9.53. The topological polar surface area (TPSA) is 42.8 Å². The zero-order valence-corrected chi connectivity index (χ0v) is 12.9. The number of nitrogens with zero attached hydrogens (tertiary/aromatic N) is 2. The average molecular weight is 289 g/mol. The van der Waals surface area contributed by atoms with Gasteiger partial charge in [-0.25, -0.2) is 0 Å². The molecule has 0 aliphatic rings. The van der Waals surface area contributed by atoms with Crippen LogP contribution in [0.1, 0.15) is 17.2 Å². The van der Waals surface area contributed by atoms with Crippen molar-refractivity contribution in [1.82, 2.24) is 4.98 Å². The zero-order valence-electron chi connectivity index (χ0n) is 12.9. The Balaban J connectivity index is 1.83. The molecule has 1 atom stereocenters. The monoisotopic (exact) mass is 289 g/mol. The fourth-order valence-corrected chi connectivity index (χ4v) is 2.67. The molecule has 0 aliphatic carbocycles. The number of anilines is 1. The zero-order chi connectivity index (χ0) is 15.5. The highest BCUT2D eigenvalue weighted by molar-refractivity contribution is 5.80. The summed E-state index contributed by atoms with van der Waals surface area (Å²) < 4.78 is 0. The predicted molar refractivity (Wildman–Crippen MR) is 91.1 cm³/mol. The van der Waals surface area contributed by atoms with Gasteiger partial charge in [0.15, 0.2) is 0 Å². The van der Waals surface area contributed by atoms with Crippen LogP contribution in [0.25, 0.3) is 10.9 Å². The van der Waals surface area contributed by atoms with E-state index in [0.29, 0.717) is 0 Å². The lowest BCUT2D eigenvalue weighted by Crippen LogP contribution is -2.08. The number of aromatic nitrogens is 1. The second-order valence-corrected chi connectivity index (χ2v) is 5.76. The van der Waals surface area contributed by atoms with Gasteiger partial charge in [-0.05, 0) is 41.6 Å². The van der Waals surface area contributed by atoms with E-state index < -0.39 is 0 Å². The highest BCUT2D eigenvalue weighted by atomic mass is 15.1. The van der Waals surface area contributed by atoms with E-state index in [2.05, 4.69) is 52.4 Å². The van der Waals surface area contributed by atoms with Crippen molar-refractivity contribution in [2.45, 2.75) is 12.3 Å². The van der Waals surface area contributed by atoms with Crippen molar-refractivity contribution < 1.29 is 0 Å². The molecule has 3 aromatic rings. The number of rotatable bonds is 4. The number of fused-ring (bicyclic) bond motifs is 1. The minimum Gasteiger partial charge on any atom is -0.378 e. The van der Waals surface area contributed by atoms with E-state index in [1.54, 1.807) is 0 Å². The lowest BCUT2D eigenvalue weighted by Gasteiger charge is -2.13. The minimum absolute atomic E-state index is 0.155. The van der Waals surface area contributed by atoms with Gasteiger partial charge in [0.1, 0.15) is 0 Å². The van der Waals surface area contributed by atoms with E-state index in [1.807, 2.05) is 32.3 Å². The van der Waals surface area contributed by atoms with Crippen LogP contribution >= 0.6 is 0 Å². The summed E-state index contributed by atoms with van der Waals surface area (Å²) in [7, 11) is 4.05. The van der Waals surface area contributed by atoms with Crippen molar-refractivity contribution in [1.29, 1.82) is 5.26 Å². The van der Waals surface area contributed by atoms with Crippen molar-refractivity contribution in [3.8, 4) is 6.07 Å². The fourth-order valence-electron chi connectivity index (χ4n) is 2.67. The molecule has 0 saturated heterocycles. The van der Waals surface area contributed by atoms with E-state index in [4.69, 9.17) is 0 Å². The van der Waals surface area contributed by atoms with Gasteiger partial charge in [0.05, 0.1) is 12.0 Å².